The van der Waals surface area contributed by atoms with Crippen molar-refractivity contribution in [2.75, 3.05) is 32.8 Å². The number of aryl methyl sites for hydroxylation is 1. The largest absolute Gasteiger partial charge is 0.467 e. The Labute approximate surface area is 238 Å². The van der Waals surface area contributed by atoms with Crippen LogP contribution >= 0.6 is 0 Å². The SMILES string of the molecule is CC(=O)N1CCN(S(=O)(=O)c2cccc(C(=O)OCC(=O)N3N=C(c4ccc(C)cc4)C[C@H]3c3ccco3)c2)CC1. The summed E-state index contributed by atoms with van der Waals surface area (Å²) in [5.74, 6) is -0.942. The van der Waals surface area contributed by atoms with Crippen LogP contribution in [0.25, 0.3) is 0 Å². The number of piperazine rings is 1. The highest BCUT2D eigenvalue weighted by Crippen LogP contribution is 2.33. The molecule has 1 atom stereocenters. The highest BCUT2D eigenvalue weighted by Gasteiger charge is 2.35. The van der Waals surface area contributed by atoms with Crippen molar-refractivity contribution in [3.8, 4) is 0 Å². The molecule has 3 heterocycles. The molecule has 0 saturated carbocycles. The van der Waals surface area contributed by atoms with Gasteiger partial charge in [-0.2, -0.15) is 9.41 Å². The molecule has 3 aromatic rings. The van der Waals surface area contributed by atoms with E-state index in [-0.39, 0.29) is 29.5 Å². The molecule has 0 radical (unpaired) electrons. The lowest BCUT2D eigenvalue weighted by atomic mass is 10.0. The molecule has 0 unspecified atom stereocenters. The molecule has 2 aliphatic heterocycles. The Morgan fingerprint density at radius 3 is 2.39 bits per heavy atom. The molecule has 2 aromatic carbocycles. The van der Waals surface area contributed by atoms with Gasteiger partial charge in [0.2, 0.25) is 15.9 Å². The van der Waals surface area contributed by atoms with E-state index in [0.29, 0.717) is 31.0 Å². The standard InChI is InChI=1S/C29H30N4O7S/c1-20-8-10-22(11-9-20)25-18-26(27-7-4-16-39-27)33(30-25)28(35)19-40-29(36)23-5-3-6-24(17-23)41(37,38)32-14-12-31(13-15-32)21(2)34/h3-11,16-17,26H,12-15,18-19H2,1-2H3/t26-/m0/s1. The van der Waals surface area contributed by atoms with Gasteiger partial charge >= 0.3 is 5.97 Å². The number of hydrazone groups is 1. The highest BCUT2D eigenvalue weighted by atomic mass is 32.2. The number of hydrogen-bond acceptors (Lipinski definition) is 8. The first-order valence-corrected chi connectivity index (χ1v) is 14.6. The fourth-order valence-corrected chi connectivity index (χ4v) is 6.28. The van der Waals surface area contributed by atoms with Crippen LogP contribution in [0.4, 0.5) is 0 Å². The lowest BCUT2D eigenvalue weighted by Crippen LogP contribution is -2.49. The van der Waals surface area contributed by atoms with Gasteiger partial charge in [0.15, 0.2) is 6.61 Å². The van der Waals surface area contributed by atoms with Gasteiger partial charge in [0.25, 0.3) is 5.91 Å². The lowest BCUT2D eigenvalue weighted by Gasteiger charge is -2.33. The maximum atomic E-state index is 13.2. The van der Waals surface area contributed by atoms with Crippen molar-refractivity contribution < 1.29 is 32.0 Å². The second-order valence-corrected chi connectivity index (χ2v) is 11.8. The van der Waals surface area contributed by atoms with Crippen LogP contribution in [-0.2, 0) is 24.3 Å². The van der Waals surface area contributed by atoms with Crippen LogP contribution in [0.15, 0.2) is 81.3 Å². The van der Waals surface area contributed by atoms with E-state index in [2.05, 4.69) is 5.10 Å². The first kappa shape index (κ1) is 28.2. The number of furan rings is 1. The third-order valence-electron chi connectivity index (χ3n) is 7.14. The molecule has 0 aliphatic carbocycles. The van der Waals surface area contributed by atoms with Crippen LogP contribution in [0.3, 0.4) is 0 Å². The van der Waals surface area contributed by atoms with Crippen LogP contribution in [0.5, 0.6) is 0 Å². The molecule has 5 rings (SSSR count). The van der Waals surface area contributed by atoms with E-state index in [9.17, 15) is 22.8 Å². The second-order valence-electron chi connectivity index (χ2n) is 9.90. The molecule has 214 valence electrons. The monoisotopic (exact) mass is 578 g/mol. The number of esters is 1. The number of carbonyl (C=O) groups is 3. The third-order valence-corrected chi connectivity index (χ3v) is 9.04. The van der Waals surface area contributed by atoms with Gasteiger partial charge in [-0.05, 0) is 42.8 Å². The first-order valence-electron chi connectivity index (χ1n) is 13.2. The third kappa shape index (κ3) is 6.08. The van der Waals surface area contributed by atoms with E-state index in [0.717, 1.165) is 11.1 Å². The molecule has 1 saturated heterocycles. The summed E-state index contributed by atoms with van der Waals surface area (Å²) in [5.41, 5.74) is 2.67. The zero-order valence-electron chi connectivity index (χ0n) is 22.7. The number of sulfonamides is 1. The topological polar surface area (TPSA) is 130 Å². The number of benzene rings is 2. The Morgan fingerprint density at radius 1 is 1.00 bits per heavy atom. The van der Waals surface area contributed by atoms with Gasteiger partial charge in [0, 0.05) is 39.5 Å². The maximum Gasteiger partial charge on any atom is 0.338 e. The average Bonchev–Trinajstić information content (AvgIpc) is 3.67. The maximum absolute atomic E-state index is 13.2. The quantitative estimate of drug-likeness (QED) is 0.394. The zero-order valence-corrected chi connectivity index (χ0v) is 23.5. The van der Waals surface area contributed by atoms with E-state index in [1.54, 1.807) is 17.0 Å². The van der Waals surface area contributed by atoms with Gasteiger partial charge in [-0.3, -0.25) is 9.59 Å². The van der Waals surface area contributed by atoms with Crippen LogP contribution in [0.1, 0.15) is 46.6 Å². The van der Waals surface area contributed by atoms with Crippen molar-refractivity contribution in [1.29, 1.82) is 0 Å². The molecular weight excluding hydrogens is 548 g/mol. The number of ether oxygens (including phenoxy) is 1. The molecule has 0 N–H and O–H groups in total. The lowest BCUT2D eigenvalue weighted by molar-refractivity contribution is -0.136. The molecule has 12 heteroatoms. The number of amides is 2. The minimum atomic E-state index is -3.89. The summed E-state index contributed by atoms with van der Waals surface area (Å²) in [5, 5.41) is 5.80. The smallest absolute Gasteiger partial charge is 0.338 e. The van der Waals surface area contributed by atoms with Gasteiger partial charge in [-0.1, -0.05) is 35.9 Å². The minimum absolute atomic E-state index is 0.00546. The van der Waals surface area contributed by atoms with Crippen molar-refractivity contribution >= 4 is 33.5 Å². The molecule has 1 aromatic heterocycles. The zero-order chi connectivity index (χ0) is 29.1. The summed E-state index contributed by atoms with van der Waals surface area (Å²) >= 11 is 0. The molecular formula is C29H30N4O7S. The normalized spacial score (nSPS) is 17.8. The summed E-state index contributed by atoms with van der Waals surface area (Å²) in [6, 6.07) is 16.3. The Hall–Kier alpha value is -4.29. The van der Waals surface area contributed by atoms with Crippen molar-refractivity contribution in [2.45, 2.75) is 31.2 Å². The number of hydrogen-bond donors (Lipinski definition) is 0. The predicted octanol–water partition coefficient (Wildman–Crippen LogP) is 2.98. The number of carbonyl (C=O) groups excluding carboxylic acids is 3. The van der Waals surface area contributed by atoms with Crippen LogP contribution < -0.4 is 0 Å². The molecule has 2 aliphatic rings. The molecule has 0 spiro atoms. The summed E-state index contributed by atoms with van der Waals surface area (Å²) in [4.78, 5) is 39.2. The van der Waals surface area contributed by atoms with Crippen molar-refractivity contribution in [1.82, 2.24) is 14.2 Å². The molecule has 11 nitrogen and oxygen atoms in total. The van der Waals surface area contributed by atoms with Gasteiger partial charge in [0.05, 0.1) is 22.4 Å². The molecule has 0 bridgehead atoms. The Balaban J connectivity index is 1.27. The summed E-state index contributed by atoms with van der Waals surface area (Å²) < 4.78 is 38.5. The number of rotatable bonds is 7. The van der Waals surface area contributed by atoms with Gasteiger partial charge in [0.1, 0.15) is 11.8 Å². The van der Waals surface area contributed by atoms with E-state index < -0.39 is 34.5 Å². The van der Waals surface area contributed by atoms with E-state index in [1.807, 2.05) is 31.2 Å². The Bertz CT molecular complexity index is 1580. The van der Waals surface area contributed by atoms with Gasteiger partial charge < -0.3 is 14.1 Å². The van der Waals surface area contributed by atoms with Gasteiger partial charge in [-0.25, -0.2) is 18.2 Å². The molecule has 2 amide bonds. The van der Waals surface area contributed by atoms with Crippen LogP contribution in [0.2, 0.25) is 0 Å². The fourth-order valence-electron chi connectivity index (χ4n) is 4.82. The van der Waals surface area contributed by atoms with Crippen LogP contribution in [0, 0.1) is 6.92 Å². The average molecular weight is 579 g/mol. The number of nitrogens with zero attached hydrogens (tertiary/aromatic N) is 4. The van der Waals surface area contributed by atoms with E-state index >= 15 is 0 Å². The Kier molecular flexibility index (Phi) is 8.04. The highest BCUT2D eigenvalue weighted by molar-refractivity contribution is 7.89. The molecule has 41 heavy (non-hydrogen) atoms. The van der Waals surface area contributed by atoms with Crippen molar-refractivity contribution in [3.63, 3.8) is 0 Å². The van der Waals surface area contributed by atoms with Crippen LogP contribution in [-0.4, -0.2) is 78.9 Å². The first-order chi connectivity index (χ1) is 19.6. The van der Waals surface area contributed by atoms with Crippen molar-refractivity contribution in [3.05, 3.63) is 89.4 Å². The summed E-state index contributed by atoms with van der Waals surface area (Å²) in [7, 11) is -3.89. The van der Waals surface area contributed by atoms with E-state index in [1.165, 1.54) is 46.8 Å². The van der Waals surface area contributed by atoms with Gasteiger partial charge in [-0.15, -0.1) is 0 Å². The summed E-state index contributed by atoms with van der Waals surface area (Å²) in [6.07, 6.45) is 1.95. The van der Waals surface area contributed by atoms with E-state index in [4.69, 9.17) is 9.15 Å². The fraction of sp³-hybridized carbons (Fsp3) is 0.310. The second kappa shape index (κ2) is 11.7. The molecule has 1 fully saturated rings. The summed E-state index contributed by atoms with van der Waals surface area (Å²) in [6.45, 7) is 3.73. The van der Waals surface area contributed by atoms with Crippen molar-refractivity contribution in [2.24, 2.45) is 5.10 Å². The predicted molar refractivity (Wildman–Crippen MR) is 148 cm³/mol. The minimum Gasteiger partial charge on any atom is -0.467 e. The Morgan fingerprint density at radius 2 is 1.73 bits per heavy atom.